The monoisotopic (exact) mass is 112 g/mol. The predicted octanol–water partition coefficient (Wildman–Crippen LogP) is 1.04. The van der Waals surface area contributed by atoms with E-state index in [-0.39, 0.29) is 0 Å². The molecule has 0 rings (SSSR count). The quantitative estimate of drug-likeness (QED) is 0.493. The molecule has 0 aromatic carbocycles. The van der Waals surface area contributed by atoms with Gasteiger partial charge in [-0.15, -0.1) is 0 Å². The zero-order valence-electron chi connectivity index (χ0n) is 6.31. The Morgan fingerprint density at radius 3 is 2.12 bits per heavy atom. The van der Waals surface area contributed by atoms with Crippen molar-refractivity contribution < 1.29 is 0 Å². The smallest absolute Gasteiger partial charge is 0.125 e. The van der Waals surface area contributed by atoms with Crippen LogP contribution in [0.15, 0.2) is 0 Å². The van der Waals surface area contributed by atoms with Crippen molar-refractivity contribution in [2.24, 2.45) is 0 Å². The molecule has 2 heteroatoms. The van der Waals surface area contributed by atoms with E-state index in [1.807, 2.05) is 0 Å². The van der Waals surface area contributed by atoms with Gasteiger partial charge in [0.15, 0.2) is 0 Å². The third kappa shape index (κ3) is 3.08. The zero-order chi connectivity index (χ0) is 6.57. The minimum Gasteiger partial charge on any atom is -0.312 e. The fraction of sp³-hybridized carbons (Fsp3) is 1.00. The molecule has 0 N–H and O–H groups in total. The van der Waals surface area contributed by atoms with E-state index in [2.05, 4.69) is 39.9 Å². The molecule has 0 amide bonds. The van der Waals surface area contributed by atoms with E-state index in [4.69, 9.17) is 0 Å². The van der Waals surface area contributed by atoms with Crippen LogP contribution in [0.4, 0.5) is 0 Å². The van der Waals surface area contributed by atoms with Crippen LogP contribution in [-0.4, -0.2) is 31.7 Å². The third-order valence-corrected chi connectivity index (χ3v) is 1.35. The van der Waals surface area contributed by atoms with Crippen molar-refractivity contribution in [3.8, 4) is 0 Å². The molecule has 0 saturated carbocycles. The molecular formula is C6H15BN. The van der Waals surface area contributed by atoms with Gasteiger partial charge in [-0.2, -0.15) is 0 Å². The molecule has 0 aromatic heterocycles. The van der Waals surface area contributed by atoms with Crippen molar-refractivity contribution in [2.75, 3.05) is 13.5 Å². The van der Waals surface area contributed by atoms with Gasteiger partial charge < -0.3 is 4.90 Å². The Bertz CT molecular complexity index is 54.5. The lowest BCUT2D eigenvalue weighted by atomic mass is 9.82. The number of hydrogen-bond acceptors (Lipinski definition) is 1. The highest BCUT2D eigenvalue weighted by atomic mass is 15.1. The van der Waals surface area contributed by atoms with Gasteiger partial charge in [-0.1, -0.05) is 6.82 Å². The Balaban J connectivity index is 3.17. The summed E-state index contributed by atoms with van der Waals surface area (Å²) in [6.45, 7) is 6.48. The summed E-state index contributed by atoms with van der Waals surface area (Å²) in [4.78, 5) is 2.29. The van der Waals surface area contributed by atoms with Crippen LogP contribution < -0.4 is 0 Å². The van der Waals surface area contributed by atoms with E-state index in [0.717, 1.165) is 6.44 Å². The first-order valence-corrected chi connectivity index (χ1v) is 3.16. The number of nitrogens with zero attached hydrogens (tertiary/aromatic N) is 1. The Kier molecular flexibility index (Phi) is 3.97. The van der Waals surface area contributed by atoms with E-state index in [0.29, 0.717) is 6.04 Å². The normalized spacial score (nSPS) is 10.8. The van der Waals surface area contributed by atoms with Gasteiger partial charge in [0, 0.05) is 6.04 Å². The fourth-order valence-electron chi connectivity index (χ4n) is 0.499. The molecule has 0 aromatic rings. The first kappa shape index (κ1) is 8.02. The molecule has 0 aliphatic rings. The van der Waals surface area contributed by atoms with Crippen LogP contribution in [0.25, 0.3) is 0 Å². The Labute approximate surface area is 53.3 Å². The van der Waals surface area contributed by atoms with E-state index in [1.54, 1.807) is 0 Å². The number of hydrogen-bond donors (Lipinski definition) is 0. The van der Waals surface area contributed by atoms with Crippen molar-refractivity contribution >= 4 is 7.28 Å². The molecular weight excluding hydrogens is 96.9 g/mol. The van der Waals surface area contributed by atoms with Gasteiger partial charge in [0.25, 0.3) is 0 Å². The van der Waals surface area contributed by atoms with E-state index < -0.39 is 0 Å². The van der Waals surface area contributed by atoms with Gasteiger partial charge in [-0.3, -0.25) is 0 Å². The summed E-state index contributed by atoms with van der Waals surface area (Å²) in [6.07, 6.45) is 1.09. The summed E-state index contributed by atoms with van der Waals surface area (Å²) in [6, 6.07) is 0.672. The first-order valence-electron chi connectivity index (χ1n) is 3.16. The third-order valence-electron chi connectivity index (χ3n) is 1.35. The molecule has 8 heavy (non-hydrogen) atoms. The van der Waals surface area contributed by atoms with Crippen LogP contribution in [0.3, 0.4) is 0 Å². The average molecular weight is 112 g/mol. The summed E-state index contributed by atoms with van der Waals surface area (Å²) in [5, 5.41) is 0. The van der Waals surface area contributed by atoms with Crippen molar-refractivity contribution in [3.63, 3.8) is 0 Å². The lowest BCUT2D eigenvalue weighted by molar-refractivity contribution is 0.317. The van der Waals surface area contributed by atoms with Gasteiger partial charge in [0.05, 0.1) is 0 Å². The molecule has 0 atom stereocenters. The molecule has 0 spiro atoms. The maximum Gasteiger partial charge on any atom is 0.125 e. The fourth-order valence-corrected chi connectivity index (χ4v) is 0.499. The lowest BCUT2D eigenvalue weighted by Crippen LogP contribution is -2.29. The molecule has 0 heterocycles. The van der Waals surface area contributed by atoms with Crippen molar-refractivity contribution in [1.82, 2.24) is 4.90 Å². The summed E-state index contributed by atoms with van der Waals surface area (Å²) in [7, 11) is 4.30. The molecule has 0 fully saturated rings. The predicted molar refractivity (Wildman–Crippen MR) is 39.4 cm³/mol. The van der Waals surface area contributed by atoms with Gasteiger partial charge in [0.2, 0.25) is 0 Å². The van der Waals surface area contributed by atoms with Gasteiger partial charge in [-0.25, -0.2) is 0 Å². The summed E-state index contributed by atoms with van der Waals surface area (Å²) < 4.78 is 0. The van der Waals surface area contributed by atoms with E-state index in [9.17, 15) is 0 Å². The van der Waals surface area contributed by atoms with Gasteiger partial charge in [-0.05, 0) is 27.3 Å². The highest BCUT2D eigenvalue weighted by molar-refractivity contribution is 6.33. The Morgan fingerprint density at radius 1 is 1.50 bits per heavy atom. The molecule has 0 aliphatic heterocycles. The Hall–Kier alpha value is 0.0249. The number of rotatable bonds is 3. The largest absolute Gasteiger partial charge is 0.312 e. The second-order valence-corrected chi connectivity index (χ2v) is 2.44. The van der Waals surface area contributed by atoms with Crippen LogP contribution in [0.1, 0.15) is 13.8 Å². The second kappa shape index (κ2) is 3.96. The van der Waals surface area contributed by atoms with Crippen molar-refractivity contribution in [1.29, 1.82) is 0 Å². The van der Waals surface area contributed by atoms with E-state index in [1.165, 1.54) is 0 Å². The SMILES string of the molecule is C[B]CN(C)C(C)C. The average Bonchev–Trinajstić information content (AvgIpc) is 1.67. The van der Waals surface area contributed by atoms with Crippen LogP contribution >= 0.6 is 0 Å². The topological polar surface area (TPSA) is 3.24 Å². The van der Waals surface area contributed by atoms with Crippen molar-refractivity contribution in [3.05, 3.63) is 0 Å². The molecule has 1 nitrogen and oxygen atoms in total. The zero-order valence-corrected chi connectivity index (χ0v) is 6.31. The van der Waals surface area contributed by atoms with Crippen molar-refractivity contribution in [2.45, 2.75) is 26.7 Å². The summed E-state index contributed by atoms with van der Waals surface area (Å²) in [5.74, 6) is 0. The van der Waals surface area contributed by atoms with Crippen LogP contribution in [-0.2, 0) is 0 Å². The minimum absolute atomic E-state index is 0.672. The summed E-state index contributed by atoms with van der Waals surface area (Å²) in [5.41, 5.74) is 0. The molecule has 0 aliphatic carbocycles. The van der Waals surface area contributed by atoms with Crippen LogP contribution in [0.2, 0.25) is 6.82 Å². The highest BCUT2D eigenvalue weighted by Gasteiger charge is 1.98. The molecule has 0 unspecified atom stereocenters. The first-order chi connectivity index (χ1) is 3.68. The standard InChI is InChI=1S/C6H15BN/c1-6(2)8(4)5-7-3/h6H,5H2,1-4H3. The lowest BCUT2D eigenvalue weighted by Gasteiger charge is -2.19. The highest BCUT2D eigenvalue weighted by Crippen LogP contribution is 1.89. The minimum atomic E-state index is 0.672. The maximum atomic E-state index is 2.29. The molecule has 47 valence electrons. The van der Waals surface area contributed by atoms with Gasteiger partial charge in [0.1, 0.15) is 7.28 Å². The summed E-state index contributed by atoms with van der Waals surface area (Å²) >= 11 is 0. The van der Waals surface area contributed by atoms with E-state index >= 15 is 0 Å². The Morgan fingerprint density at radius 2 is 2.00 bits per heavy atom. The molecule has 0 saturated heterocycles. The maximum absolute atomic E-state index is 2.29. The second-order valence-electron chi connectivity index (χ2n) is 2.44. The molecule has 1 radical (unpaired) electrons. The van der Waals surface area contributed by atoms with Gasteiger partial charge >= 0.3 is 0 Å². The van der Waals surface area contributed by atoms with Crippen LogP contribution in [0.5, 0.6) is 0 Å². The molecule has 0 bridgehead atoms. The van der Waals surface area contributed by atoms with Crippen LogP contribution in [0, 0.1) is 0 Å².